The Morgan fingerprint density at radius 2 is 2.21 bits per heavy atom. The Kier molecular flexibility index (Phi) is 5.40. The van der Waals surface area contributed by atoms with Crippen LogP contribution in [-0.4, -0.2) is 41.4 Å². The SMILES string of the molecule is CCCNCC1CCN(C)C1c1cnn(CCC)c1. The summed E-state index contributed by atoms with van der Waals surface area (Å²) in [6, 6.07) is 0.537. The molecule has 0 saturated carbocycles. The molecule has 1 saturated heterocycles. The smallest absolute Gasteiger partial charge is 0.0537 e. The van der Waals surface area contributed by atoms with Crippen molar-refractivity contribution in [3.63, 3.8) is 0 Å². The van der Waals surface area contributed by atoms with Gasteiger partial charge in [-0.1, -0.05) is 13.8 Å². The molecule has 108 valence electrons. The highest BCUT2D eigenvalue weighted by Gasteiger charge is 2.33. The first kappa shape index (κ1) is 14.5. The summed E-state index contributed by atoms with van der Waals surface area (Å²) in [4.78, 5) is 2.48. The van der Waals surface area contributed by atoms with Crippen LogP contribution in [0.5, 0.6) is 0 Å². The summed E-state index contributed by atoms with van der Waals surface area (Å²) in [5.41, 5.74) is 1.39. The van der Waals surface area contributed by atoms with E-state index >= 15 is 0 Å². The second-order valence-electron chi connectivity index (χ2n) is 5.72. The number of rotatable bonds is 7. The molecule has 2 rings (SSSR count). The van der Waals surface area contributed by atoms with Gasteiger partial charge in [0.2, 0.25) is 0 Å². The first-order valence-corrected chi connectivity index (χ1v) is 7.69. The number of hydrogen-bond acceptors (Lipinski definition) is 3. The molecular formula is C15H28N4. The fourth-order valence-electron chi connectivity index (χ4n) is 3.11. The molecule has 2 atom stereocenters. The van der Waals surface area contributed by atoms with Gasteiger partial charge in [0.15, 0.2) is 0 Å². The lowest BCUT2D eigenvalue weighted by Gasteiger charge is -2.24. The Balaban J connectivity index is 2.01. The van der Waals surface area contributed by atoms with Crippen molar-refractivity contribution in [2.75, 3.05) is 26.7 Å². The van der Waals surface area contributed by atoms with E-state index in [9.17, 15) is 0 Å². The molecule has 1 N–H and O–H groups in total. The highest BCUT2D eigenvalue weighted by Crippen LogP contribution is 2.35. The van der Waals surface area contributed by atoms with Crippen molar-refractivity contribution in [3.8, 4) is 0 Å². The molecule has 1 aliphatic rings. The van der Waals surface area contributed by atoms with Gasteiger partial charge in [-0.15, -0.1) is 0 Å². The zero-order chi connectivity index (χ0) is 13.7. The molecule has 0 bridgehead atoms. The lowest BCUT2D eigenvalue weighted by atomic mass is 9.96. The lowest BCUT2D eigenvalue weighted by Crippen LogP contribution is -2.28. The largest absolute Gasteiger partial charge is 0.316 e. The fraction of sp³-hybridized carbons (Fsp3) is 0.800. The molecule has 4 nitrogen and oxygen atoms in total. The van der Waals surface area contributed by atoms with E-state index in [1.807, 2.05) is 0 Å². The van der Waals surface area contributed by atoms with Gasteiger partial charge in [0.1, 0.15) is 0 Å². The van der Waals surface area contributed by atoms with Crippen LogP contribution in [0.4, 0.5) is 0 Å². The third kappa shape index (κ3) is 3.57. The quantitative estimate of drug-likeness (QED) is 0.767. The van der Waals surface area contributed by atoms with Crippen LogP contribution in [0.25, 0.3) is 0 Å². The predicted molar refractivity (Wildman–Crippen MR) is 79.2 cm³/mol. The third-order valence-electron chi connectivity index (χ3n) is 4.05. The Bertz CT molecular complexity index is 374. The van der Waals surface area contributed by atoms with Crippen molar-refractivity contribution in [2.45, 2.75) is 45.7 Å². The van der Waals surface area contributed by atoms with Gasteiger partial charge in [0.25, 0.3) is 0 Å². The van der Waals surface area contributed by atoms with Crippen LogP contribution in [0.15, 0.2) is 12.4 Å². The maximum absolute atomic E-state index is 4.49. The van der Waals surface area contributed by atoms with Gasteiger partial charge in [0, 0.05) is 24.3 Å². The summed E-state index contributed by atoms with van der Waals surface area (Å²) < 4.78 is 2.08. The Morgan fingerprint density at radius 1 is 1.37 bits per heavy atom. The predicted octanol–water partition coefficient (Wildman–Crippen LogP) is 2.29. The molecule has 0 amide bonds. The van der Waals surface area contributed by atoms with Crippen molar-refractivity contribution >= 4 is 0 Å². The number of nitrogens with one attached hydrogen (secondary N) is 1. The zero-order valence-electron chi connectivity index (χ0n) is 12.6. The first-order valence-electron chi connectivity index (χ1n) is 7.69. The highest BCUT2D eigenvalue weighted by atomic mass is 15.3. The average molecular weight is 264 g/mol. The van der Waals surface area contributed by atoms with Crippen LogP contribution in [0.3, 0.4) is 0 Å². The monoisotopic (exact) mass is 264 g/mol. The number of likely N-dealkylation sites (tertiary alicyclic amines) is 1. The molecule has 1 aromatic heterocycles. The molecule has 1 aromatic rings. The van der Waals surface area contributed by atoms with E-state index in [1.54, 1.807) is 0 Å². The van der Waals surface area contributed by atoms with E-state index in [2.05, 4.69) is 53.3 Å². The van der Waals surface area contributed by atoms with Crippen molar-refractivity contribution in [1.29, 1.82) is 0 Å². The molecule has 0 spiro atoms. The Labute approximate surface area is 117 Å². The van der Waals surface area contributed by atoms with E-state index in [4.69, 9.17) is 0 Å². The minimum Gasteiger partial charge on any atom is -0.316 e. The molecule has 0 aliphatic carbocycles. The third-order valence-corrected chi connectivity index (χ3v) is 4.05. The van der Waals surface area contributed by atoms with Crippen molar-refractivity contribution in [3.05, 3.63) is 18.0 Å². The van der Waals surface area contributed by atoms with E-state index in [0.717, 1.165) is 32.0 Å². The van der Waals surface area contributed by atoms with Crippen molar-refractivity contribution < 1.29 is 0 Å². The molecular weight excluding hydrogens is 236 g/mol. The lowest BCUT2D eigenvalue weighted by molar-refractivity contribution is 0.272. The van der Waals surface area contributed by atoms with E-state index in [-0.39, 0.29) is 0 Å². The van der Waals surface area contributed by atoms with E-state index in [0.29, 0.717) is 6.04 Å². The minimum atomic E-state index is 0.537. The van der Waals surface area contributed by atoms with Gasteiger partial charge in [-0.05, 0) is 51.9 Å². The van der Waals surface area contributed by atoms with Crippen molar-refractivity contribution in [1.82, 2.24) is 20.0 Å². The highest BCUT2D eigenvalue weighted by molar-refractivity contribution is 5.14. The summed E-state index contributed by atoms with van der Waals surface area (Å²) in [5, 5.41) is 8.06. The zero-order valence-corrected chi connectivity index (χ0v) is 12.6. The average Bonchev–Trinajstić information content (AvgIpc) is 2.97. The molecule has 19 heavy (non-hydrogen) atoms. The van der Waals surface area contributed by atoms with Crippen molar-refractivity contribution in [2.24, 2.45) is 5.92 Å². The van der Waals surface area contributed by atoms with Crippen LogP contribution >= 0.6 is 0 Å². The summed E-state index contributed by atoms with van der Waals surface area (Å²) in [7, 11) is 2.24. The number of hydrogen-bond donors (Lipinski definition) is 1. The van der Waals surface area contributed by atoms with Gasteiger partial charge < -0.3 is 5.32 Å². The van der Waals surface area contributed by atoms with Gasteiger partial charge in [0.05, 0.1) is 6.20 Å². The number of aryl methyl sites for hydroxylation is 1. The molecule has 0 radical (unpaired) electrons. The standard InChI is InChI=1S/C15H28N4/c1-4-7-16-10-13-6-9-18(3)15(13)14-11-17-19(12-14)8-5-2/h11-13,15-16H,4-10H2,1-3H3. The van der Waals surface area contributed by atoms with E-state index in [1.165, 1.54) is 24.9 Å². The van der Waals surface area contributed by atoms with Crippen LogP contribution in [0, 0.1) is 5.92 Å². The van der Waals surface area contributed by atoms with Crippen LogP contribution in [0.1, 0.15) is 44.7 Å². The van der Waals surface area contributed by atoms with Crippen LogP contribution in [-0.2, 0) is 6.54 Å². The number of aromatic nitrogens is 2. The summed E-state index contributed by atoms with van der Waals surface area (Å²) in [6.45, 7) is 8.89. The molecule has 4 heteroatoms. The van der Waals surface area contributed by atoms with E-state index < -0.39 is 0 Å². The normalized spacial score (nSPS) is 24.2. The molecule has 1 fully saturated rings. The second-order valence-corrected chi connectivity index (χ2v) is 5.72. The molecule has 2 unspecified atom stereocenters. The minimum absolute atomic E-state index is 0.537. The topological polar surface area (TPSA) is 33.1 Å². The Morgan fingerprint density at radius 3 is 2.95 bits per heavy atom. The number of nitrogens with zero attached hydrogens (tertiary/aromatic N) is 3. The van der Waals surface area contributed by atoms with Gasteiger partial charge in [-0.3, -0.25) is 9.58 Å². The fourth-order valence-corrected chi connectivity index (χ4v) is 3.11. The van der Waals surface area contributed by atoms with Gasteiger partial charge in [-0.2, -0.15) is 5.10 Å². The van der Waals surface area contributed by atoms with Gasteiger partial charge in [-0.25, -0.2) is 0 Å². The summed E-state index contributed by atoms with van der Waals surface area (Å²) in [6.07, 6.45) is 7.94. The van der Waals surface area contributed by atoms with Crippen LogP contribution < -0.4 is 5.32 Å². The maximum atomic E-state index is 4.49. The molecule has 2 heterocycles. The second kappa shape index (κ2) is 7.06. The summed E-state index contributed by atoms with van der Waals surface area (Å²) in [5.74, 6) is 0.718. The summed E-state index contributed by atoms with van der Waals surface area (Å²) >= 11 is 0. The molecule has 0 aromatic carbocycles. The van der Waals surface area contributed by atoms with Gasteiger partial charge >= 0.3 is 0 Å². The maximum Gasteiger partial charge on any atom is 0.0537 e. The van der Waals surface area contributed by atoms with Crippen LogP contribution in [0.2, 0.25) is 0 Å². The first-order chi connectivity index (χ1) is 9.26. The Hall–Kier alpha value is -0.870. The molecule has 1 aliphatic heterocycles.